The zero-order chi connectivity index (χ0) is 15.9. The second-order valence-corrected chi connectivity index (χ2v) is 5.52. The first-order valence-electron chi connectivity index (χ1n) is 6.31. The van der Waals surface area contributed by atoms with E-state index in [0.29, 0.717) is 15.8 Å². The molecule has 2 aromatic carbocycles. The van der Waals surface area contributed by atoms with E-state index in [4.69, 9.17) is 33.7 Å². The minimum atomic E-state index is 0.0949. The van der Waals surface area contributed by atoms with Gasteiger partial charge in [-0.3, -0.25) is 5.43 Å². The fourth-order valence-corrected chi connectivity index (χ4v) is 2.26. The molecule has 0 amide bonds. The van der Waals surface area contributed by atoms with Crippen LogP contribution in [0.5, 0.6) is 5.75 Å². The Labute approximate surface area is 143 Å². The SMILES string of the molecule is NC(=S)N/N=C\c1ccccc1OCc1c(Cl)cccc1Cl. The molecule has 0 aliphatic carbocycles. The van der Waals surface area contributed by atoms with E-state index in [0.717, 1.165) is 11.1 Å². The second kappa shape index (κ2) is 7.98. The first-order chi connectivity index (χ1) is 10.6. The van der Waals surface area contributed by atoms with Crippen molar-refractivity contribution in [3.8, 4) is 5.75 Å². The summed E-state index contributed by atoms with van der Waals surface area (Å²) in [5.41, 5.74) is 9.31. The third-order valence-corrected chi connectivity index (χ3v) is 3.53. The number of para-hydroxylation sites is 1. The number of nitrogens with zero attached hydrogens (tertiary/aromatic N) is 1. The minimum Gasteiger partial charge on any atom is -0.488 e. The maximum atomic E-state index is 6.12. The van der Waals surface area contributed by atoms with E-state index < -0.39 is 0 Å². The van der Waals surface area contributed by atoms with Crippen molar-refractivity contribution in [3.05, 3.63) is 63.6 Å². The third kappa shape index (κ3) is 4.59. The van der Waals surface area contributed by atoms with E-state index in [1.165, 1.54) is 0 Å². The Morgan fingerprint density at radius 3 is 2.55 bits per heavy atom. The highest BCUT2D eigenvalue weighted by molar-refractivity contribution is 7.80. The van der Waals surface area contributed by atoms with Gasteiger partial charge in [-0.15, -0.1) is 0 Å². The van der Waals surface area contributed by atoms with Gasteiger partial charge in [0, 0.05) is 21.2 Å². The summed E-state index contributed by atoms with van der Waals surface area (Å²) in [7, 11) is 0. The molecule has 0 aromatic heterocycles. The molecule has 0 saturated heterocycles. The van der Waals surface area contributed by atoms with Gasteiger partial charge in [0.25, 0.3) is 0 Å². The van der Waals surface area contributed by atoms with Gasteiger partial charge >= 0.3 is 0 Å². The highest BCUT2D eigenvalue weighted by atomic mass is 35.5. The molecule has 2 rings (SSSR count). The lowest BCUT2D eigenvalue weighted by Crippen LogP contribution is -2.24. The standard InChI is InChI=1S/C15H13Cl2N3OS/c16-12-5-3-6-13(17)11(12)9-21-14-7-2-1-4-10(14)8-19-20-15(18)22/h1-8H,9H2,(H3,18,20,22)/b19-8-. The van der Waals surface area contributed by atoms with E-state index in [2.05, 4.69) is 22.7 Å². The molecule has 0 aliphatic heterocycles. The van der Waals surface area contributed by atoms with Crippen LogP contribution in [0.3, 0.4) is 0 Å². The number of ether oxygens (including phenoxy) is 1. The van der Waals surface area contributed by atoms with Crippen molar-refractivity contribution in [2.45, 2.75) is 6.61 Å². The molecule has 0 bridgehead atoms. The molecular formula is C15H13Cl2N3OS. The van der Waals surface area contributed by atoms with Crippen LogP contribution in [0.4, 0.5) is 0 Å². The second-order valence-electron chi connectivity index (χ2n) is 4.26. The number of thiocarbonyl (C=S) groups is 1. The zero-order valence-electron chi connectivity index (χ0n) is 11.4. The van der Waals surface area contributed by atoms with E-state index in [9.17, 15) is 0 Å². The van der Waals surface area contributed by atoms with Crippen LogP contribution in [0.2, 0.25) is 10.0 Å². The van der Waals surface area contributed by atoms with Gasteiger partial charge in [-0.1, -0.05) is 41.4 Å². The van der Waals surface area contributed by atoms with Gasteiger partial charge in [0.15, 0.2) is 5.11 Å². The molecule has 0 spiro atoms. The van der Waals surface area contributed by atoms with E-state index in [1.807, 2.05) is 24.3 Å². The fraction of sp³-hybridized carbons (Fsp3) is 0.0667. The summed E-state index contributed by atoms with van der Waals surface area (Å²) in [6, 6.07) is 12.7. The third-order valence-electron chi connectivity index (χ3n) is 2.73. The number of rotatable bonds is 5. The summed E-state index contributed by atoms with van der Waals surface area (Å²) >= 11 is 16.9. The van der Waals surface area contributed by atoms with Crippen molar-refractivity contribution in [1.82, 2.24) is 5.43 Å². The van der Waals surface area contributed by atoms with Crippen molar-refractivity contribution in [2.24, 2.45) is 10.8 Å². The molecule has 4 nitrogen and oxygen atoms in total. The van der Waals surface area contributed by atoms with Gasteiger partial charge in [0.1, 0.15) is 12.4 Å². The number of halogens is 2. The Morgan fingerprint density at radius 2 is 1.86 bits per heavy atom. The molecule has 0 saturated carbocycles. The number of benzene rings is 2. The van der Waals surface area contributed by atoms with Crippen LogP contribution in [0.25, 0.3) is 0 Å². The first kappa shape index (κ1) is 16.5. The van der Waals surface area contributed by atoms with Crippen molar-refractivity contribution < 1.29 is 4.74 Å². The maximum absolute atomic E-state index is 6.12. The summed E-state index contributed by atoms with van der Waals surface area (Å²) in [6.07, 6.45) is 1.57. The number of hydrogen-bond donors (Lipinski definition) is 2. The molecule has 0 radical (unpaired) electrons. The predicted octanol–water partition coefficient (Wildman–Crippen LogP) is 3.74. The molecular weight excluding hydrogens is 341 g/mol. The smallest absolute Gasteiger partial charge is 0.184 e. The van der Waals surface area contributed by atoms with Crippen LogP contribution >= 0.6 is 35.4 Å². The molecule has 0 aliphatic rings. The van der Waals surface area contributed by atoms with Crippen LogP contribution in [0.1, 0.15) is 11.1 Å². The number of hydrazone groups is 1. The molecule has 7 heteroatoms. The lowest BCUT2D eigenvalue weighted by atomic mass is 10.2. The number of hydrogen-bond acceptors (Lipinski definition) is 3. The maximum Gasteiger partial charge on any atom is 0.184 e. The largest absolute Gasteiger partial charge is 0.488 e. The minimum absolute atomic E-state index is 0.0949. The van der Waals surface area contributed by atoms with Crippen LogP contribution in [0, 0.1) is 0 Å². The normalized spacial score (nSPS) is 10.6. The summed E-state index contributed by atoms with van der Waals surface area (Å²) < 4.78 is 5.79. The molecule has 0 unspecified atom stereocenters. The van der Waals surface area contributed by atoms with Gasteiger partial charge in [-0.05, 0) is 36.5 Å². The van der Waals surface area contributed by atoms with E-state index >= 15 is 0 Å². The fourth-order valence-electron chi connectivity index (χ4n) is 1.70. The summed E-state index contributed by atoms with van der Waals surface area (Å²) in [6.45, 7) is 0.256. The quantitative estimate of drug-likeness (QED) is 0.488. The van der Waals surface area contributed by atoms with E-state index in [-0.39, 0.29) is 11.7 Å². The van der Waals surface area contributed by atoms with Crippen LogP contribution < -0.4 is 15.9 Å². The molecule has 114 valence electrons. The Hall–Kier alpha value is -1.82. The molecule has 0 heterocycles. The van der Waals surface area contributed by atoms with Crippen molar-refractivity contribution in [1.29, 1.82) is 0 Å². The lowest BCUT2D eigenvalue weighted by molar-refractivity contribution is 0.306. The highest BCUT2D eigenvalue weighted by Gasteiger charge is 2.07. The predicted molar refractivity (Wildman–Crippen MR) is 94.8 cm³/mol. The average Bonchev–Trinajstić information content (AvgIpc) is 2.48. The van der Waals surface area contributed by atoms with E-state index in [1.54, 1.807) is 24.4 Å². The summed E-state index contributed by atoms with van der Waals surface area (Å²) in [5, 5.41) is 5.14. The van der Waals surface area contributed by atoms with Crippen molar-refractivity contribution >= 4 is 46.7 Å². The molecule has 0 fully saturated rings. The van der Waals surface area contributed by atoms with Crippen molar-refractivity contribution in [3.63, 3.8) is 0 Å². The van der Waals surface area contributed by atoms with Crippen LogP contribution in [-0.4, -0.2) is 11.3 Å². The monoisotopic (exact) mass is 353 g/mol. The average molecular weight is 354 g/mol. The Kier molecular flexibility index (Phi) is 6.00. The molecule has 3 N–H and O–H groups in total. The zero-order valence-corrected chi connectivity index (χ0v) is 13.8. The Morgan fingerprint density at radius 1 is 1.18 bits per heavy atom. The summed E-state index contributed by atoms with van der Waals surface area (Å²) in [4.78, 5) is 0. The lowest BCUT2D eigenvalue weighted by Gasteiger charge is -2.11. The van der Waals surface area contributed by atoms with Crippen LogP contribution in [-0.2, 0) is 6.61 Å². The first-order valence-corrected chi connectivity index (χ1v) is 7.47. The molecule has 22 heavy (non-hydrogen) atoms. The van der Waals surface area contributed by atoms with Crippen molar-refractivity contribution in [2.75, 3.05) is 0 Å². The van der Waals surface area contributed by atoms with Gasteiger partial charge < -0.3 is 10.5 Å². The highest BCUT2D eigenvalue weighted by Crippen LogP contribution is 2.26. The van der Waals surface area contributed by atoms with Crippen LogP contribution in [0.15, 0.2) is 47.6 Å². The van der Waals surface area contributed by atoms with Gasteiger partial charge in [-0.2, -0.15) is 5.10 Å². The Bertz CT molecular complexity index is 687. The Balaban J connectivity index is 2.13. The van der Waals surface area contributed by atoms with Gasteiger partial charge in [0.2, 0.25) is 0 Å². The molecule has 0 atom stereocenters. The van der Waals surface area contributed by atoms with Gasteiger partial charge in [-0.25, -0.2) is 0 Å². The number of nitrogens with two attached hydrogens (primary N) is 1. The number of nitrogens with one attached hydrogen (secondary N) is 1. The topological polar surface area (TPSA) is 59.6 Å². The van der Waals surface area contributed by atoms with Gasteiger partial charge in [0.05, 0.1) is 6.21 Å². The summed E-state index contributed by atoms with van der Waals surface area (Å²) in [5.74, 6) is 0.645. The molecule has 2 aromatic rings.